The first kappa shape index (κ1) is 28.4. The van der Waals surface area contributed by atoms with Gasteiger partial charge in [0.2, 0.25) is 0 Å². The Morgan fingerprint density at radius 3 is 2.52 bits per heavy atom. The normalized spacial score (nSPS) is 20.0. The van der Waals surface area contributed by atoms with Crippen molar-refractivity contribution in [2.24, 2.45) is 16.3 Å². The molecule has 1 fully saturated rings. The van der Waals surface area contributed by atoms with Gasteiger partial charge in [-0.15, -0.1) is 24.0 Å². The van der Waals surface area contributed by atoms with E-state index >= 15 is 0 Å². The van der Waals surface area contributed by atoms with Crippen LogP contribution in [0.2, 0.25) is 0 Å². The van der Waals surface area contributed by atoms with Gasteiger partial charge < -0.3 is 20.1 Å². The number of halogens is 1. The van der Waals surface area contributed by atoms with Crippen molar-refractivity contribution in [2.75, 3.05) is 32.8 Å². The lowest BCUT2D eigenvalue weighted by Gasteiger charge is -2.39. The molecule has 0 aromatic rings. The summed E-state index contributed by atoms with van der Waals surface area (Å²) in [6.07, 6.45) is 7.26. The molecular weight excluding hydrogens is 481 g/mol. The Hall–Kier alpha value is -0.570. The van der Waals surface area contributed by atoms with Crippen LogP contribution in [-0.2, 0) is 14.3 Å². The van der Waals surface area contributed by atoms with Crippen LogP contribution in [0.15, 0.2) is 4.99 Å². The van der Waals surface area contributed by atoms with Crippen molar-refractivity contribution >= 4 is 35.9 Å². The molecule has 0 aromatic carbocycles. The smallest absolute Gasteiger partial charge is 0.305 e. The summed E-state index contributed by atoms with van der Waals surface area (Å²) in [6.45, 7) is 14.6. The van der Waals surface area contributed by atoms with Crippen molar-refractivity contribution in [3.05, 3.63) is 0 Å². The maximum atomic E-state index is 11.3. The Balaban J connectivity index is 0.00000784. The molecule has 1 rings (SSSR count). The molecule has 0 aromatic heterocycles. The first-order chi connectivity index (χ1) is 13.4. The minimum atomic E-state index is -0.0811. The van der Waals surface area contributed by atoms with E-state index in [-0.39, 0.29) is 41.5 Å². The number of carbonyl (C=O) groups is 1. The highest BCUT2D eigenvalue weighted by Gasteiger charge is 2.35. The average Bonchev–Trinajstić information content (AvgIpc) is 2.65. The van der Waals surface area contributed by atoms with Gasteiger partial charge in [0.25, 0.3) is 0 Å². The Kier molecular flexibility index (Phi) is 15.8. The summed E-state index contributed by atoms with van der Waals surface area (Å²) in [5, 5.41) is 6.78. The summed E-state index contributed by atoms with van der Waals surface area (Å²) in [5.74, 6) is 1.29. The molecular formula is C22H44IN3O3. The Morgan fingerprint density at radius 1 is 1.14 bits per heavy atom. The van der Waals surface area contributed by atoms with E-state index in [9.17, 15) is 4.79 Å². The third-order valence-electron chi connectivity index (χ3n) is 5.03. The minimum absolute atomic E-state index is 0. The van der Waals surface area contributed by atoms with Crippen LogP contribution >= 0.6 is 24.0 Å². The number of esters is 1. The fourth-order valence-electron chi connectivity index (χ4n) is 3.73. The van der Waals surface area contributed by atoms with Gasteiger partial charge in [0.15, 0.2) is 5.96 Å². The SMILES string of the molecule is CCNC(=NCC1CCCOC1C(C)(C)C)NCCCCCCC(=O)OCC.I. The molecule has 0 aliphatic carbocycles. The monoisotopic (exact) mass is 525 g/mol. The summed E-state index contributed by atoms with van der Waals surface area (Å²) >= 11 is 0. The quantitative estimate of drug-likeness (QED) is 0.137. The van der Waals surface area contributed by atoms with Crippen LogP contribution in [0.3, 0.4) is 0 Å². The lowest BCUT2D eigenvalue weighted by atomic mass is 9.78. The van der Waals surface area contributed by atoms with Gasteiger partial charge in [-0.3, -0.25) is 9.79 Å². The molecule has 1 saturated heterocycles. The van der Waals surface area contributed by atoms with Gasteiger partial charge in [0, 0.05) is 38.6 Å². The third kappa shape index (κ3) is 12.7. The summed E-state index contributed by atoms with van der Waals surface area (Å²) in [5.41, 5.74) is 0.149. The van der Waals surface area contributed by atoms with E-state index in [0.717, 1.165) is 64.3 Å². The lowest BCUT2D eigenvalue weighted by molar-refractivity contribution is -0.143. The Morgan fingerprint density at radius 2 is 1.86 bits per heavy atom. The number of ether oxygens (including phenoxy) is 2. The highest BCUT2D eigenvalue weighted by Crippen LogP contribution is 2.34. The van der Waals surface area contributed by atoms with E-state index in [4.69, 9.17) is 14.5 Å². The molecule has 2 unspecified atom stereocenters. The zero-order chi connectivity index (χ0) is 20.8. The zero-order valence-corrected chi connectivity index (χ0v) is 21.6. The van der Waals surface area contributed by atoms with E-state index in [1.165, 1.54) is 6.42 Å². The summed E-state index contributed by atoms with van der Waals surface area (Å²) in [7, 11) is 0. The predicted octanol–water partition coefficient (Wildman–Crippen LogP) is 4.51. The number of nitrogens with zero attached hydrogens (tertiary/aromatic N) is 1. The van der Waals surface area contributed by atoms with Crippen LogP contribution < -0.4 is 10.6 Å². The number of unbranched alkanes of at least 4 members (excludes halogenated alkanes) is 3. The number of guanidine groups is 1. The molecule has 6 nitrogen and oxygen atoms in total. The third-order valence-corrected chi connectivity index (χ3v) is 5.03. The van der Waals surface area contributed by atoms with Crippen molar-refractivity contribution in [1.82, 2.24) is 10.6 Å². The van der Waals surface area contributed by atoms with Crippen molar-refractivity contribution in [3.8, 4) is 0 Å². The van der Waals surface area contributed by atoms with Crippen LogP contribution in [0.5, 0.6) is 0 Å². The van der Waals surface area contributed by atoms with Gasteiger partial charge in [-0.1, -0.05) is 33.6 Å². The molecule has 7 heteroatoms. The number of carbonyl (C=O) groups excluding carboxylic acids is 1. The van der Waals surface area contributed by atoms with Gasteiger partial charge >= 0.3 is 5.97 Å². The molecule has 1 aliphatic heterocycles. The number of aliphatic imine (C=N–C) groups is 1. The van der Waals surface area contributed by atoms with Crippen LogP contribution in [0, 0.1) is 11.3 Å². The zero-order valence-electron chi connectivity index (χ0n) is 19.2. The average molecular weight is 526 g/mol. The molecule has 1 heterocycles. The van der Waals surface area contributed by atoms with Crippen LogP contribution in [0.1, 0.15) is 79.6 Å². The van der Waals surface area contributed by atoms with Crippen molar-refractivity contribution in [3.63, 3.8) is 0 Å². The lowest BCUT2D eigenvalue weighted by Crippen LogP contribution is -2.42. The summed E-state index contributed by atoms with van der Waals surface area (Å²) < 4.78 is 11.0. The molecule has 0 radical (unpaired) electrons. The van der Waals surface area contributed by atoms with Gasteiger partial charge in [-0.25, -0.2) is 0 Å². The van der Waals surface area contributed by atoms with Crippen LogP contribution in [0.25, 0.3) is 0 Å². The standard InChI is InChI=1S/C22H43N3O3.HI/c1-6-23-21(24-15-11-9-8-10-14-19(26)27-7-2)25-17-18-13-12-16-28-20(18)22(3,4)5;/h18,20H,6-17H2,1-5H3,(H2,23,24,25);1H. The van der Waals surface area contributed by atoms with Gasteiger partial charge in [0.05, 0.1) is 12.7 Å². The largest absolute Gasteiger partial charge is 0.466 e. The van der Waals surface area contributed by atoms with Gasteiger partial charge in [-0.2, -0.15) is 0 Å². The number of hydrogen-bond donors (Lipinski definition) is 2. The molecule has 0 spiro atoms. The molecule has 0 bridgehead atoms. The molecule has 0 saturated carbocycles. The number of rotatable bonds is 11. The molecule has 2 N–H and O–H groups in total. The van der Waals surface area contributed by atoms with Crippen LogP contribution in [-0.4, -0.2) is 50.9 Å². The Bertz CT molecular complexity index is 467. The van der Waals surface area contributed by atoms with E-state index in [2.05, 4.69) is 38.3 Å². The minimum Gasteiger partial charge on any atom is -0.466 e. The maximum absolute atomic E-state index is 11.3. The van der Waals surface area contributed by atoms with E-state index < -0.39 is 0 Å². The first-order valence-corrected chi connectivity index (χ1v) is 11.2. The predicted molar refractivity (Wildman–Crippen MR) is 131 cm³/mol. The second-order valence-electron chi connectivity index (χ2n) is 8.68. The Labute approximate surface area is 195 Å². The second kappa shape index (κ2) is 16.2. The highest BCUT2D eigenvalue weighted by atomic mass is 127. The highest BCUT2D eigenvalue weighted by molar-refractivity contribution is 14.0. The fraction of sp³-hybridized carbons (Fsp3) is 0.909. The summed E-state index contributed by atoms with van der Waals surface area (Å²) in [4.78, 5) is 16.1. The number of nitrogens with one attached hydrogen (secondary N) is 2. The molecule has 172 valence electrons. The van der Waals surface area contributed by atoms with Crippen LogP contribution in [0.4, 0.5) is 0 Å². The summed E-state index contributed by atoms with van der Waals surface area (Å²) in [6, 6.07) is 0. The molecule has 2 atom stereocenters. The van der Waals surface area contributed by atoms with Gasteiger partial charge in [-0.05, 0) is 44.9 Å². The van der Waals surface area contributed by atoms with Crippen molar-refractivity contribution in [2.45, 2.75) is 85.7 Å². The topological polar surface area (TPSA) is 72.0 Å². The molecule has 0 amide bonds. The second-order valence-corrected chi connectivity index (χ2v) is 8.68. The fourth-order valence-corrected chi connectivity index (χ4v) is 3.73. The molecule has 1 aliphatic rings. The van der Waals surface area contributed by atoms with E-state index in [0.29, 0.717) is 18.9 Å². The first-order valence-electron chi connectivity index (χ1n) is 11.2. The van der Waals surface area contributed by atoms with E-state index in [1.54, 1.807) is 0 Å². The molecule has 29 heavy (non-hydrogen) atoms. The van der Waals surface area contributed by atoms with Crippen molar-refractivity contribution < 1.29 is 14.3 Å². The number of hydrogen-bond acceptors (Lipinski definition) is 4. The van der Waals surface area contributed by atoms with E-state index in [1.807, 2.05) is 6.92 Å². The maximum Gasteiger partial charge on any atom is 0.305 e. The van der Waals surface area contributed by atoms with Gasteiger partial charge in [0.1, 0.15) is 0 Å². The van der Waals surface area contributed by atoms with Crippen molar-refractivity contribution in [1.29, 1.82) is 0 Å².